The van der Waals surface area contributed by atoms with Crippen molar-refractivity contribution in [3.8, 4) is 11.1 Å². The normalized spacial score (nSPS) is 10.1. The number of aromatic amines is 1. The molecule has 2 aromatic rings. The van der Waals surface area contributed by atoms with Gasteiger partial charge in [-0.25, -0.2) is 4.79 Å². The topological polar surface area (TPSA) is 72.0 Å². The zero-order valence-electron chi connectivity index (χ0n) is 9.84. The van der Waals surface area contributed by atoms with Crippen LogP contribution in [0.3, 0.4) is 0 Å². The van der Waals surface area contributed by atoms with Gasteiger partial charge >= 0.3 is 5.97 Å². The molecule has 0 bridgehead atoms. The van der Waals surface area contributed by atoms with Gasteiger partial charge in [0.1, 0.15) is 5.56 Å². The molecule has 2 heterocycles. The number of nitrogens with one attached hydrogen (secondary N) is 1. The molecule has 0 radical (unpaired) electrons. The van der Waals surface area contributed by atoms with Crippen LogP contribution in [-0.4, -0.2) is 22.5 Å². The third-order valence-electron chi connectivity index (χ3n) is 2.39. The van der Waals surface area contributed by atoms with Crippen molar-refractivity contribution in [2.24, 2.45) is 0 Å². The summed E-state index contributed by atoms with van der Waals surface area (Å²) in [6.45, 7) is 1.92. The van der Waals surface area contributed by atoms with E-state index >= 15 is 0 Å². The number of aromatic nitrogens is 2. The summed E-state index contributed by atoms with van der Waals surface area (Å²) in [5.41, 5.74) is 1.07. The Labute approximate surface area is 103 Å². The molecule has 1 N–H and O–H groups in total. The van der Waals surface area contributed by atoms with E-state index in [0.717, 1.165) is 5.56 Å². The zero-order valence-corrected chi connectivity index (χ0v) is 9.84. The number of pyridine rings is 2. The quantitative estimate of drug-likeness (QED) is 0.832. The van der Waals surface area contributed by atoms with E-state index < -0.39 is 11.5 Å². The summed E-state index contributed by atoms with van der Waals surface area (Å²) in [7, 11) is 0. The van der Waals surface area contributed by atoms with Crippen molar-refractivity contribution in [2.45, 2.75) is 6.92 Å². The lowest BCUT2D eigenvalue weighted by Crippen LogP contribution is -2.19. The molecule has 0 atom stereocenters. The van der Waals surface area contributed by atoms with Gasteiger partial charge in [-0.15, -0.1) is 0 Å². The van der Waals surface area contributed by atoms with Crippen molar-refractivity contribution < 1.29 is 9.53 Å². The van der Waals surface area contributed by atoms with Gasteiger partial charge in [-0.1, -0.05) is 6.07 Å². The number of nitrogens with zero attached hydrogens (tertiary/aromatic N) is 1. The zero-order chi connectivity index (χ0) is 13.0. The molecule has 0 unspecified atom stereocenters. The number of H-pyrrole nitrogens is 1. The highest BCUT2D eigenvalue weighted by atomic mass is 16.5. The number of carbonyl (C=O) groups is 1. The van der Waals surface area contributed by atoms with Crippen molar-refractivity contribution in [1.82, 2.24) is 9.97 Å². The van der Waals surface area contributed by atoms with Gasteiger partial charge in [-0.3, -0.25) is 9.78 Å². The molecule has 0 amide bonds. The predicted octanol–water partition coefficient (Wildman–Crippen LogP) is 1.61. The number of rotatable bonds is 3. The van der Waals surface area contributed by atoms with Crippen molar-refractivity contribution in [3.05, 3.63) is 52.7 Å². The molecule has 18 heavy (non-hydrogen) atoms. The molecule has 0 aliphatic rings. The van der Waals surface area contributed by atoms with Gasteiger partial charge in [0.25, 0.3) is 5.56 Å². The van der Waals surface area contributed by atoms with Crippen LogP contribution in [0.25, 0.3) is 11.1 Å². The van der Waals surface area contributed by atoms with Crippen LogP contribution in [-0.2, 0) is 4.74 Å². The highest BCUT2D eigenvalue weighted by molar-refractivity contribution is 5.90. The first-order valence-electron chi connectivity index (χ1n) is 5.52. The summed E-state index contributed by atoms with van der Waals surface area (Å²) >= 11 is 0. The molecule has 0 saturated carbocycles. The SMILES string of the molecule is CCOC(=O)c1cc(-c2cccnc2)c[nH]c1=O. The van der Waals surface area contributed by atoms with E-state index in [1.165, 1.54) is 6.07 Å². The minimum Gasteiger partial charge on any atom is -0.462 e. The maximum absolute atomic E-state index is 11.6. The van der Waals surface area contributed by atoms with Gasteiger partial charge in [0.15, 0.2) is 0 Å². The van der Waals surface area contributed by atoms with Gasteiger partial charge in [-0.05, 0) is 19.1 Å². The number of ether oxygens (including phenoxy) is 1. The Morgan fingerprint density at radius 1 is 1.44 bits per heavy atom. The van der Waals surface area contributed by atoms with E-state index in [4.69, 9.17) is 4.74 Å². The van der Waals surface area contributed by atoms with Crippen LogP contribution in [0.15, 0.2) is 41.6 Å². The lowest BCUT2D eigenvalue weighted by Gasteiger charge is -2.04. The number of hydrogen-bond donors (Lipinski definition) is 1. The van der Waals surface area contributed by atoms with Crippen LogP contribution in [0, 0.1) is 0 Å². The Bertz CT molecular complexity index is 605. The van der Waals surface area contributed by atoms with E-state index in [-0.39, 0.29) is 12.2 Å². The van der Waals surface area contributed by atoms with E-state index in [1.54, 1.807) is 31.6 Å². The number of esters is 1. The van der Waals surface area contributed by atoms with Crippen LogP contribution in [0.4, 0.5) is 0 Å². The molecule has 0 aliphatic heterocycles. The molecule has 5 nitrogen and oxygen atoms in total. The third-order valence-corrected chi connectivity index (χ3v) is 2.39. The molecule has 0 aromatic carbocycles. The Morgan fingerprint density at radius 2 is 2.28 bits per heavy atom. The van der Waals surface area contributed by atoms with Crippen molar-refractivity contribution >= 4 is 5.97 Å². The highest BCUT2D eigenvalue weighted by Gasteiger charge is 2.12. The van der Waals surface area contributed by atoms with Crippen molar-refractivity contribution in [1.29, 1.82) is 0 Å². The first kappa shape index (κ1) is 12.0. The monoisotopic (exact) mass is 244 g/mol. The first-order valence-corrected chi connectivity index (χ1v) is 5.52. The van der Waals surface area contributed by atoms with Crippen LogP contribution in [0.1, 0.15) is 17.3 Å². The lowest BCUT2D eigenvalue weighted by atomic mass is 10.1. The van der Waals surface area contributed by atoms with Crippen LogP contribution in [0.2, 0.25) is 0 Å². The van der Waals surface area contributed by atoms with Crippen LogP contribution < -0.4 is 5.56 Å². The van der Waals surface area contributed by atoms with E-state index in [2.05, 4.69) is 9.97 Å². The summed E-state index contributed by atoms with van der Waals surface area (Å²) in [4.78, 5) is 29.6. The maximum atomic E-state index is 11.6. The number of hydrogen-bond acceptors (Lipinski definition) is 4. The summed E-state index contributed by atoms with van der Waals surface area (Å²) < 4.78 is 4.83. The fraction of sp³-hybridized carbons (Fsp3) is 0.154. The maximum Gasteiger partial charge on any atom is 0.343 e. The summed E-state index contributed by atoms with van der Waals surface area (Å²) in [5.74, 6) is -0.621. The smallest absolute Gasteiger partial charge is 0.343 e. The Balaban J connectivity index is 2.44. The second kappa shape index (κ2) is 5.27. The molecule has 2 aromatic heterocycles. The average molecular weight is 244 g/mol. The summed E-state index contributed by atoms with van der Waals surface area (Å²) in [5, 5.41) is 0. The third kappa shape index (κ3) is 2.45. The average Bonchev–Trinajstić information content (AvgIpc) is 2.40. The predicted molar refractivity (Wildman–Crippen MR) is 66.3 cm³/mol. The fourth-order valence-corrected chi connectivity index (χ4v) is 1.54. The second-order valence-corrected chi connectivity index (χ2v) is 3.59. The molecule has 92 valence electrons. The molecular formula is C13H12N2O3. The molecule has 2 rings (SSSR count). The standard InChI is InChI=1S/C13H12N2O3/c1-2-18-13(17)11-6-10(8-15-12(11)16)9-4-3-5-14-7-9/h3-8H,2H2,1H3,(H,15,16). The van der Waals surface area contributed by atoms with Crippen LogP contribution >= 0.6 is 0 Å². The molecule has 0 spiro atoms. The van der Waals surface area contributed by atoms with Gasteiger partial charge in [0.05, 0.1) is 6.61 Å². The largest absolute Gasteiger partial charge is 0.462 e. The second-order valence-electron chi connectivity index (χ2n) is 3.59. The Hall–Kier alpha value is -2.43. The lowest BCUT2D eigenvalue weighted by molar-refractivity contribution is 0.0524. The highest BCUT2D eigenvalue weighted by Crippen LogP contribution is 2.16. The van der Waals surface area contributed by atoms with Gasteiger partial charge in [-0.2, -0.15) is 0 Å². The van der Waals surface area contributed by atoms with Gasteiger partial charge in [0, 0.05) is 29.7 Å². The van der Waals surface area contributed by atoms with Gasteiger partial charge < -0.3 is 9.72 Å². The summed E-state index contributed by atoms with van der Waals surface area (Å²) in [6, 6.07) is 5.13. The number of carbonyl (C=O) groups excluding carboxylic acids is 1. The molecule has 0 aliphatic carbocycles. The Kier molecular flexibility index (Phi) is 3.52. The van der Waals surface area contributed by atoms with Crippen molar-refractivity contribution in [2.75, 3.05) is 6.61 Å². The van der Waals surface area contributed by atoms with E-state index in [0.29, 0.717) is 5.56 Å². The Morgan fingerprint density at radius 3 is 2.94 bits per heavy atom. The molecule has 0 saturated heterocycles. The molecule has 5 heteroatoms. The van der Waals surface area contributed by atoms with E-state index in [9.17, 15) is 9.59 Å². The minimum absolute atomic E-state index is 0.00166. The van der Waals surface area contributed by atoms with Crippen LogP contribution in [0.5, 0.6) is 0 Å². The van der Waals surface area contributed by atoms with Crippen molar-refractivity contribution in [3.63, 3.8) is 0 Å². The molecule has 0 fully saturated rings. The molecular weight excluding hydrogens is 232 g/mol. The van der Waals surface area contributed by atoms with E-state index in [1.807, 2.05) is 6.07 Å². The van der Waals surface area contributed by atoms with Gasteiger partial charge in [0.2, 0.25) is 0 Å². The minimum atomic E-state index is -0.621. The summed E-state index contributed by atoms with van der Waals surface area (Å²) in [6.07, 6.45) is 4.85. The first-order chi connectivity index (χ1) is 8.72. The fourth-order valence-electron chi connectivity index (χ4n) is 1.54.